The monoisotopic (exact) mass is 592 g/mol. The molecule has 1 fully saturated rings. The average Bonchev–Trinajstić information content (AvgIpc) is 3.79. The summed E-state index contributed by atoms with van der Waals surface area (Å²) in [7, 11) is 0. The van der Waals surface area contributed by atoms with Gasteiger partial charge < -0.3 is 19.1 Å². The van der Waals surface area contributed by atoms with E-state index in [1.165, 1.54) is 22.3 Å². The van der Waals surface area contributed by atoms with Gasteiger partial charge in [-0.2, -0.15) is 0 Å². The molecule has 2 amide bonds. The van der Waals surface area contributed by atoms with Crippen LogP contribution in [-0.4, -0.2) is 57.6 Å². The summed E-state index contributed by atoms with van der Waals surface area (Å²) in [4.78, 5) is 40.0. The molecule has 0 bridgehead atoms. The molecular formula is C29H26ClFN6O3S. The van der Waals surface area contributed by atoms with Crippen molar-refractivity contribution in [3.63, 3.8) is 0 Å². The van der Waals surface area contributed by atoms with E-state index in [2.05, 4.69) is 20.2 Å². The Morgan fingerprint density at radius 3 is 2.71 bits per heavy atom. The van der Waals surface area contributed by atoms with Crippen LogP contribution in [0, 0.1) is 5.82 Å². The number of carbonyl (C=O) groups is 2. The molecule has 9 nitrogen and oxygen atoms in total. The number of aromatic nitrogens is 3. The van der Waals surface area contributed by atoms with Crippen molar-refractivity contribution in [2.24, 2.45) is 0 Å². The molecule has 210 valence electrons. The lowest BCUT2D eigenvalue weighted by Gasteiger charge is -2.29. The zero-order valence-corrected chi connectivity index (χ0v) is 23.6. The van der Waals surface area contributed by atoms with Gasteiger partial charge in [-0.1, -0.05) is 23.7 Å². The average molecular weight is 593 g/mol. The number of benzene rings is 2. The number of aryl methyl sites for hydroxylation is 1. The van der Waals surface area contributed by atoms with Crippen molar-refractivity contribution >= 4 is 45.6 Å². The molecule has 1 N–H and O–H groups in total. The quantitative estimate of drug-likeness (QED) is 0.342. The van der Waals surface area contributed by atoms with Crippen LogP contribution in [0.25, 0.3) is 11.1 Å². The topological polar surface area (TPSA) is 92.6 Å². The molecule has 5 heterocycles. The molecule has 12 heteroatoms. The van der Waals surface area contributed by atoms with Gasteiger partial charge in [-0.25, -0.2) is 14.4 Å². The number of hydrogen-bond acceptors (Lipinski definition) is 7. The Bertz CT molecular complexity index is 1640. The van der Waals surface area contributed by atoms with Crippen molar-refractivity contribution in [3.8, 4) is 11.1 Å². The van der Waals surface area contributed by atoms with Gasteiger partial charge in [0.25, 0.3) is 11.8 Å². The smallest absolute Gasteiger partial charge is 0.257 e. The summed E-state index contributed by atoms with van der Waals surface area (Å²) in [5.41, 5.74) is 3.83. The molecule has 7 rings (SSSR count). The number of anilines is 2. The molecule has 1 unspecified atom stereocenters. The third kappa shape index (κ3) is 4.58. The van der Waals surface area contributed by atoms with Crippen molar-refractivity contribution in [3.05, 3.63) is 81.6 Å². The Kier molecular flexibility index (Phi) is 6.72. The molecular weight excluding hydrogens is 567 g/mol. The second-order valence-corrected chi connectivity index (χ2v) is 11.5. The van der Waals surface area contributed by atoms with Gasteiger partial charge in [-0.15, -0.1) is 11.3 Å². The number of morpholine rings is 1. The Labute approximate surface area is 244 Å². The largest absolute Gasteiger partial charge is 0.378 e. The predicted molar refractivity (Wildman–Crippen MR) is 154 cm³/mol. The fourth-order valence-corrected chi connectivity index (χ4v) is 6.81. The minimum Gasteiger partial charge on any atom is -0.378 e. The SMILES string of the molecule is O=C(Nc1nccs1)C(c1ncn2c1CCC2)N1Cc2c(F)cc(-c3ccc(N4CCOCC4)cc3)c(Cl)c2C1=O. The number of rotatable bonds is 6. The lowest BCUT2D eigenvalue weighted by molar-refractivity contribution is -0.121. The van der Waals surface area contributed by atoms with E-state index in [0.29, 0.717) is 35.2 Å². The highest BCUT2D eigenvalue weighted by molar-refractivity contribution is 7.13. The lowest BCUT2D eigenvalue weighted by atomic mass is 9.99. The van der Waals surface area contributed by atoms with E-state index in [-0.39, 0.29) is 22.7 Å². The highest BCUT2D eigenvalue weighted by Gasteiger charge is 2.43. The first kappa shape index (κ1) is 26.1. The summed E-state index contributed by atoms with van der Waals surface area (Å²) < 4.78 is 23.1. The molecule has 1 atom stereocenters. The molecule has 2 aromatic heterocycles. The Balaban J connectivity index is 1.24. The van der Waals surface area contributed by atoms with Crippen LogP contribution in [0.3, 0.4) is 0 Å². The number of carbonyl (C=O) groups excluding carboxylic acids is 2. The second kappa shape index (κ2) is 10.6. The van der Waals surface area contributed by atoms with E-state index in [9.17, 15) is 9.59 Å². The van der Waals surface area contributed by atoms with E-state index in [1.807, 2.05) is 28.8 Å². The number of nitrogens with one attached hydrogen (secondary N) is 1. The van der Waals surface area contributed by atoms with E-state index in [4.69, 9.17) is 16.3 Å². The van der Waals surface area contributed by atoms with Crippen LogP contribution in [-0.2, 0) is 29.0 Å². The minimum absolute atomic E-state index is 0.0850. The van der Waals surface area contributed by atoms with E-state index < -0.39 is 23.7 Å². The summed E-state index contributed by atoms with van der Waals surface area (Å²) in [6, 6.07) is 8.01. The minimum atomic E-state index is -1.07. The van der Waals surface area contributed by atoms with Crippen LogP contribution in [0.2, 0.25) is 5.02 Å². The maximum Gasteiger partial charge on any atom is 0.257 e. The van der Waals surface area contributed by atoms with Crippen LogP contribution in [0.5, 0.6) is 0 Å². The number of halogens is 2. The van der Waals surface area contributed by atoms with Crippen LogP contribution in [0.1, 0.15) is 39.8 Å². The maximum atomic E-state index is 15.7. The van der Waals surface area contributed by atoms with Crippen molar-refractivity contribution in [1.29, 1.82) is 0 Å². The number of fused-ring (bicyclic) bond motifs is 2. The standard InChI is InChI=1S/C29H26ClFN6O3S/c30-24-19(17-3-5-18(6-4-17)35-9-11-40-12-10-35)14-21(31)20-15-37(28(39)23(20)24)26(27(38)34-29-32-7-13-41-29)25-22-2-1-8-36(22)16-33-25/h3-7,13-14,16,26H,1-2,8-12,15H2,(H,32,34,38). The number of hydrogen-bond donors (Lipinski definition) is 1. The molecule has 4 aromatic rings. The summed E-state index contributed by atoms with van der Waals surface area (Å²) in [6.07, 6.45) is 4.95. The van der Waals surface area contributed by atoms with Crippen LogP contribution in [0.4, 0.5) is 15.2 Å². The molecule has 3 aliphatic rings. The van der Waals surface area contributed by atoms with Crippen LogP contribution < -0.4 is 10.2 Å². The predicted octanol–water partition coefficient (Wildman–Crippen LogP) is 4.92. The van der Waals surface area contributed by atoms with Gasteiger partial charge in [0.2, 0.25) is 0 Å². The van der Waals surface area contributed by atoms with Gasteiger partial charge in [-0.3, -0.25) is 14.9 Å². The first-order valence-corrected chi connectivity index (χ1v) is 14.7. The molecule has 1 saturated heterocycles. The van der Waals surface area contributed by atoms with Crippen molar-refractivity contribution < 1.29 is 18.7 Å². The Morgan fingerprint density at radius 1 is 1.15 bits per heavy atom. The number of ether oxygens (including phenoxy) is 1. The first-order chi connectivity index (χ1) is 20.0. The molecule has 2 aromatic carbocycles. The maximum absolute atomic E-state index is 15.7. The van der Waals surface area contributed by atoms with Crippen molar-refractivity contribution in [1.82, 2.24) is 19.4 Å². The van der Waals surface area contributed by atoms with Crippen LogP contribution in [0.15, 0.2) is 48.2 Å². The summed E-state index contributed by atoms with van der Waals surface area (Å²) in [6.45, 7) is 3.65. The number of thiazole rings is 1. The van der Waals surface area contributed by atoms with Gasteiger partial charge >= 0.3 is 0 Å². The summed E-state index contributed by atoms with van der Waals surface area (Å²) >= 11 is 8.13. The number of amides is 2. The van der Waals surface area contributed by atoms with Gasteiger partial charge in [0.15, 0.2) is 11.2 Å². The molecule has 0 aliphatic carbocycles. The summed E-state index contributed by atoms with van der Waals surface area (Å²) in [5.74, 6) is -1.50. The first-order valence-electron chi connectivity index (χ1n) is 13.5. The van der Waals surface area contributed by atoms with E-state index >= 15 is 4.39 Å². The normalized spacial score (nSPS) is 17.1. The molecule has 0 saturated carbocycles. The fraction of sp³-hybridized carbons (Fsp3) is 0.310. The second-order valence-electron chi connectivity index (χ2n) is 10.3. The van der Waals surface area contributed by atoms with E-state index in [0.717, 1.165) is 43.9 Å². The van der Waals surface area contributed by atoms with Gasteiger partial charge in [0.05, 0.1) is 42.4 Å². The summed E-state index contributed by atoms with van der Waals surface area (Å²) in [5, 5.41) is 5.14. The van der Waals surface area contributed by atoms with Gasteiger partial charge in [0.1, 0.15) is 5.82 Å². The van der Waals surface area contributed by atoms with E-state index in [1.54, 1.807) is 17.9 Å². The molecule has 0 spiro atoms. The van der Waals surface area contributed by atoms with Gasteiger partial charge in [0, 0.05) is 53.7 Å². The molecule has 3 aliphatic heterocycles. The highest BCUT2D eigenvalue weighted by Crippen LogP contribution is 2.42. The molecule has 41 heavy (non-hydrogen) atoms. The third-order valence-electron chi connectivity index (χ3n) is 7.95. The zero-order valence-electron chi connectivity index (χ0n) is 22.0. The van der Waals surface area contributed by atoms with Gasteiger partial charge in [-0.05, 0) is 36.6 Å². The van der Waals surface area contributed by atoms with Crippen molar-refractivity contribution in [2.45, 2.75) is 32.0 Å². The molecule has 0 radical (unpaired) electrons. The Morgan fingerprint density at radius 2 is 1.95 bits per heavy atom. The zero-order chi connectivity index (χ0) is 28.1. The fourth-order valence-electron chi connectivity index (χ4n) is 5.92. The van der Waals surface area contributed by atoms with Crippen LogP contribution >= 0.6 is 22.9 Å². The van der Waals surface area contributed by atoms with Crippen molar-refractivity contribution in [2.75, 3.05) is 36.5 Å². The number of imidazole rings is 1. The Hall–Kier alpha value is -3.80. The third-order valence-corrected chi connectivity index (χ3v) is 9.03. The highest BCUT2D eigenvalue weighted by atomic mass is 35.5. The lowest BCUT2D eigenvalue weighted by Crippen LogP contribution is -2.38. The number of nitrogens with zero attached hydrogens (tertiary/aromatic N) is 5.